The molecule has 0 saturated carbocycles. The van der Waals surface area contributed by atoms with E-state index in [2.05, 4.69) is 36.9 Å². The largest absolute Gasteiger partial charge is 0.351 e. The zero-order chi connectivity index (χ0) is 21.2. The molecule has 0 saturated heterocycles. The van der Waals surface area contributed by atoms with E-state index in [0.29, 0.717) is 19.8 Å². The topological polar surface area (TPSA) is 107 Å². The van der Waals surface area contributed by atoms with Crippen LogP contribution < -0.4 is 10.6 Å². The number of halogens is 1. The summed E-state index contributed by atoms with van der Waals surface area (Å²) in [5.41, 5.74) is 1.86. The molecule has 2 amide bonds. The smallest absolute Gasteiger partial charge is 0.273 e. The Morgan fingerprint density at radius 2 is 1.97 bits per heavy atom. The van der Waals surface area contributed by atoms with Crippen LogP contribution in [0.2, 0.25) is 0 Å². The Balaban J connectivity index is 1.79. The molecule has 0 aliphatic heterocycles. The van der Waals surface area contributed by atoms with Crippen LogP contribution in [0, 0.1) is 6.92 Å². The highest BCUT2D eigenvalue weighted by Gasteiger charge is 2.15. The first-order chi connectivity index (χ1) is 13.9. The van der Waals surface area contributed by atoms with Crippen LogP contribution in [0.3, 0.4) is 0 Å². The molecular weight excluding hydrogens is 442 g/mol. The average Bonchev–Trinajstić information content (AvgIpc) is 3.14. The number of hydrogen-bond acceptors (Lipinski definition) is 6. The SMILES string of the molecule is CCOC(Cn1cc(C(=O)NCCC(=O)Nc2cc(Br)ccc2C)nn1)OCC. The van der Waals surface area contributed by atoms with Gasteiger partial charge in [0.2, 0.25) is 5.91 Å². The minimum absolute atomic E-state index is 0.141. The molecular formula is C19H26BrN5O4. The molecule has 2 rings (SSSR count). The van der Waals surface area contributed by atoms with Gasteiger partial charge in [-0.05, 0) is 38.5 Å². The first-order valence-corrected chi connectivity index (χ1v) is 10.2. The lowest BCUT2D eigenvalue weighted by Gasteiger charge is -2.16. The van der Waals surface area contributed by atoms with Crippen LogP contribution in [0.15, 0.2) is 28.9 Å². The molecule has 0 aliphatic rings. The predicted molar refractivity (Wildman–Crippen MR) is 112 cm³/mol. The van der Waals surface area contributed by atoms with Gasteiger partial charge in [0.25, 0.3) is 5.91 Å². The number of ether oxygens (including phenoxy) is 2. The van der Waals surface area contributed by atoms with E-state index in [1.54, 1.807) is 0 Å². The van der Waals surface area contributed by atoms with Crippen LogP contribution >= 0.6 is 15.9 Å². The van der Waals surface area contributed by atoms with Crippen molar-refractivity contribution in [2.75, 3.05) is 25.1 Å². The van der Waals surface area contributed by atoms with Crippen LogP contribution in [0.5, 0.6) is 0 Å². The standard InChI is InChI=1S/C19H26BrN5O4/c1-4-28-18(29-5-2)12-25-11-16(23-24-25)19(27)21-9-8-17(26)22-15-10-14(20)7-6-13(15)3/h6-7,10-11,18H,4-5,8-9,12H2,1-3H3,(H,21,27)(H,22,26). The summed E-state index contributed by atoms with van der Waals surface area (Å²) in [6, 6.07) is 5.65. The number of carbonyl (C=O) groups excluding carboxylic acids is 2. The summed E-state index contributed by atoms with van der Waals surface area (Å²) >= 11 is 3.38. The normalized spacial score (nSPS) is 10.9. The fraction of sp³-hybridized carbons (Fsp3) is 0.474. The molecule has 2 N–H and O–H groups in total. The zero-order valence-electron chi connectivity index (χ0n) is 16.8. The van der Waals surface area contributed by atoms with Crippen LogP contribution in [0.1, 0.15) is 36.3 Å². The first-order valence-electron chi connectivity index (χ1n) is 9.40. The van der Waals surface area contributed by atoms with E-state index in [4.69, 9.17) is 9.47 Å². The molecule has 29 heavy (non-hydrogen) atoms. The molecule has 0 aliphatic carbocycles. The second-order valence-corrected chi connectivity index (χ2v) is 7.10. The van der Waals surface area contributed by atoms with Gasteiger partial charge >= 0.3 is 0 Å². The molecule has 0 fully saturated rings. The van der Waals surface area contributed by atoms with E-state index in [0.717, 1.165) is 15.7 Å². The third-order valence-electron chi connectivity index (χ3n) is 3.92. The minimum Gasteiger partial charge on any atom is -0.351 e. The van der Waals surface area contributed by atoms with Gasteiger partial charge in [-0.15, -0.1) is 5.10 Å². The molecule has 9 nitrogen and oxygen atoms in total. The maximum absolute atomic E-state index is 12.2. The number of rotatable bonds is 11. The summed E-state index contributed by atoms with van der Waals surface area (Å²) < 4.78 is 13.3. The number of aryl methyl sites for hydroxylation is 1. The Bertz CT molecular complexity index is 821. The maximum atomic E-state index is 12.2. The molecule has 0 atom stereocenters. The molecule has 10 heteroatoms. The van der Waals surface area contributed by atoms with Gasteiger partial charge < -0.3 is 20.1 Å². The molecule has 0 unspecified atom stereocenters. The Hall–Kier alpha value is -2.30. The fourth-order valence-electron chi connectivity index (χ4n) is 2.49. The van der Waals surface area contributed by atoms with Crippen LogP contribution in [0.4, 0.5) is 5.69 Å². The van der Waals surface area contributed by atoms with E-state index >= 15 is 0 Å². The number of amides is 2. The summed E-state index contributed by atoms with van der Waals surface area (Å²) in [5.74, 6) is -0.585. The van der Waals surface area contributed by atoms with E-state index in [1.165, 1.54) is 10.9 Å². The van der Waals surface area contributed by atoms with E-state index in [9.17, 15) is 9.59 Å². The third kappa shape index (κ3) is 7.56. The monoisotopic (exact) mass is 467 g/mol. The number of aromatic nitrogens is 3. The van der Waals surface area contributed by atoms with Crippen molar-refractivity contribution in [2.24, 2.45) is 0 Å². The lowest BCUT2D eigenvalue weighted by Crippen LogP contribution is -2.28. The van der Waals surface area contributed by atoms with Gasteiger partial charge in [-0.25, -0.2) is 4.68 Å². The van der Waals surface area contributed by atoms with Gasteiger partial charge in [-0.3, -0.25) is 9.59 Å². The van der Waals surface area contributed by atoms with Crippen molar-refractivity contribution >= 4 is 33.4 Å². The number of benzene rings is 1. The quantitative estimate of drug-likeness (QED) is 0.491. The molecule has 1 aromatic carbocycles. The molecule has 1 heterocycles. The van der Waals surface area contributed by atoms with Crippen molar-refractivity contribution in [3.05, 3.63) is 40.1 Å². The van der Waals surface area contributed by atoms with Gasteiger partial charge in [0.05, 0.1) is 12.7 Å². The highest BCUT2D eigenvalue weighted by molar-refractivity contribution is 9.10. The third-order valence-corrected chi connectivity index (χ3v) is 4.42. The molecule has 158 valence electrons. The summed E-state index contributed by atoms with van der Waals surface area (Å²) in [7, 11) is 0. The first kappa shape index (κ1) is 23.0. The Labute approximate surface area is 178 Å². The molecule has 0 spiro atoms. The van der Waals surface area contributed by atoms with Crippen LogP contribution in [-0.2, 0) is 20.8 Å². The van der Waals surface area contributed by atoms with Crippen molar-refractivity contribution in [1.29, 1.82) is 0 Å². The fourth-order valence-corrected chi connectivity index (χ4v) is 2.85. The highest BCUT2D eigenvalue weighted by atomic mass is 79.9. The number of carbonyl (C=O) groups is 2. The summed E-state index contributed by atoms with van der Waals surface area (Å²) in [6.07, 6.45) is 1.21. The Kier molecular flexibility index (Phi) is 9.23. The van der Waals surface area contributed by atoms with Crippen molar-refractivity contribution < 1.29 is 19.1 Å². The Morgan fingerprint density at radius 3 is 2.66 bits per heavy atom. The minimum atomic E-state index is -0.451. The average molecular weight is 468 g/mol. The number of nitrogens with one attached hydrogen (secondary N) is 2. The lowest BCUT2D eigenvalue weighted by molar-refractivity contribution is -0.145. The second-order valence-electron chi connectivity index (χ2n) is 6.18. The van der Waals surface area contributed by atoms with E-state index < -0.39 is 12.2 Å². The number of nitrogens with zero attached hydrogens (tertiary/aromatic N) is 3. The number of anilines is 1. The maximum Gasteiger partial charge on any atom is 0.273 e. The summed E-state index contributed by atoms with van der Waals surface area (Å²) in [5, 5.41) is 13.3. The van der Waals surface area contributed by atoms with Crippen molar-refractivity contribution in [2.45, 2.75) is 40.0 Å². The lowest BCUT2D eigenvalue weighted by atomic mass is 10.2. The van der Waals surface area contributed by atoms with Crippen LogP contribution in [-0.4, -0.2) is 52.9 Å². The van der Waals surface area contributed by atoms with E-state index in [-0.39, 0.29) is 24.6 Å². The summed E-state index contributed by atoms with van der Waals surface area (Å²) in [4.78, 5) is 24.3. The predicted octanol–water partition coefficient (Wildman–Crippen LogP) is 2.51. The van der Waals surface area contributed by atoms with Crippen molar-refractivity contribution in [1.82, 2.24) is 20.3 Å². The second kappa shape index (κ2) is 11.6. The van der Waals surface area contributed by atoms with Gasteiger partial charge in [0.1, 0.15) is 0 Å². The van der Waals surface area contributed by atoms with Gasteiger partial charge in [0.15, 0.2) is 12.0 Å². The Morgan fingerprint density at radius 1 is 1.24 bits per heavy atom. The zero-order valence-corrected chi connectivity index (χ0v) is 18.4. The molecule has 0 bridgehead atoms. The van der Waals surface area contributed by atoms with E-state index in [1.807, 2.05) is 39.0 Å². The molecule has 1 aromatic heterocycles. The highest BCUT2D eigenvalue weighted by Crippen LogP contribution is 2.20. The molecule has 0 radical (unpaired) electrons. The summed E-state index contributed by atoms with van der Waals surface area (Å²) in [6.45, 7) is 7.19. The van der Waals surface area contributed by atoms with Crippen molar-refractivity contribution in [3.63, 3.8) is 0 Å². The van der Waals surface area contributed by atoms with Gasteiger partial charge in [-0.2, -0.15) is 0 Å². The molecule has 2 aromatic rings. The van der Waals surface area contributed by atoms with Crippen molar-refractivity contribution in [3.8, 4) is 0 Å². The van der Waals surface area contributed by atoms with Gasteiger partial charge in [0, 0.05) is 36.3 Å². The van der Waals surface area contributed by atoms with Crippen LogP contribution in [0.25, 0.3) is 0 Å². The van der Waals surface area contributed by atoms with Gasteiger partial charge in [-0.1, -0.05) is 27.2 Å². The number of hydrogen-bond donors (Lipinski definition) is 2.